The van der Waals surface area contributed by atoms with Crippen molar-refractivity contribution in [3.8, 4) is 0 Å². The molecule has 2 atom stereocenters. The zero-order valence-electron chi connectivity index (χ0n) is 12.6. The molecule has 1 saturated heterocycles. The third-order valence-corrected chi connectivity index (χ3v) is 3.83. The Morgan fingerprint density at radius 1 is 1.36 bits per heavy atom. The molecule has 7 heteroatoms. The van der Waals surface area contributed by atoms with E-state index in [1.54, 1.807) is 17.0 Å². The van der Waals surface area contributed by atoms with Gasteiger partial charge in [-0.15, -0.1) is 0 Å². The van der Waals surface area contributed by atoms with Crippen LogP contribution in [-0.4, -0.2) is 46.9 Å². The Morgan fingerprint density at radius 3 is 2.73 bits per heavy atom. The lowest BCUT2D eigenvalue weighted by atomic mass is 10.0. The van der Waals surface area contributed by atoms with Crippen LogP contribution in [0.1, 0.15) is 23.9 Å². The molecule has 118 valence electrons. The first-order valence-corrected chi connectivity index (χ1v) is 7.20. The van der Waals surface area contributed by atoms with Gasteiger partial charge >= 0.3 is 0 Å². The number of hydrogen-bond acceptors (Lipinski definition) is 6. The summed E-state index contributed by atoms with van der Waals surface area (Å²) >= 11 is 0. The number of aliphatic hydroxyl groups is 1. The van der Waals surface area contributed by atoms with E-state index in [0.717, 1.165) is 5.56 Å². The number of anilines is 1. The minimum Gasteiger partial charge on any atom is -0.392 e. The van der Waals surface area contributed by atoms with Gasteiger partial charge in [-0.25, -0.2) is 4.39 Å². The van der Waals surface area contributed by atoms with Gasteiger partial charge in [-0.1, -0.05) is 12.1 Å². The third kappa shape index (κ3) is 3.10. The van der Waals surface area contributed by atoms with Gasteiger partial charge in [-0.3, -0.25) is 4.90 Å². The molecule has 0 saturated carbocycles. The van der Waals surface area contributed by atoms with Crippen LogP contribution in [0.2, 0.25) is 0 Å². The van der Waals surface area contributed by atoms with E-state index in [1.165, 1.54) is 12.1 Å². The van der Waals surface area contributed by atoms with Gasteiger partial charge < -0.3 is 14.5 Å². The summed E-state index contributed by atoms with van der Waals surface area (Å²) < 4.78 is 18.3. The Hall–Kier alpha value is -1.99. The van der Waals surface area contributed by atoms with Crippen molar-refractivity contribution < 1.29 is 14.0 Å². The minimum absolute atomic E-state index is 0.0188. The summed E-state index contributed by atoms with van der Waals surface area (Å²) in [6, 6.07) is 6.41. The summed E-state index contributed by atoms with van der Waals surface area (Å²) in [5.74, 6) is 0.763. The first kappa shape index (κ1) is 14.9. The van der Waals surface area contributed by atoms with Crippen LogP contribution >= 0.6 is 0 Å². The number of halogens is 1. The molecular weight excluding hydrogens is 287 g/mol. The average molecular weight is 306 g/mol. The molecule has 0 radical (unpaired) electrons. The Kier molecular flexibility index (Phi) is 4.08. The number of nitrogens with zero attached hydrogens (tertiary/aromatic N) is 4. The maximum Gasteiger partial charge on any atom is 0.265 e. The number of aromatic nitrogens is 2. The van der Waals surface area contributed by atoms with E-state index in [4.69, 9.17) is 4.52 Å². The summed E-state index contributed by atoms with van der Waals surface area (Å²) in [6.07, 6.45) is 0.201. The molecule has 6 nitrogen and oxygen atoms in total. The van der Waals surface area contributed by atoms with Gasteiger partial charge in [0.15, 0.2) is 0 Å². The van der Waals surface area contributed by atoms with Crippen LogP contribution in [0.5, 0.6) is 0 Å². The molecular formula is C15H19FN4O2. The number of rotatable bonds is 4. The van der Waals surface area contributed by atoms with E-state index < -0.39 is 6.10 Å². The summed E-state index contributed by atoms with van der Waals surface area (Å²) in [6.45, 7) is 0.988. The first-order chi connectivity index (χ1) is 10.5. The fourth-order valence-corrected chi connectivity index (χ4v) is 2.75. The van der Waals surface area contributed by atoms with Crippen molar-refractivity contribution in [1.29, 1.82) is 0 Å². The highest BCUT2D eigenvalue weighted by Gasteiger charge is 2.33. The Labute approximate surface area is 128 Å². The van der Waals surface area contributed by atoms with Gasteiger partial charge in [0.2, 0.25) is 5.89 Å². The predicted octanol–water partition coefficient (Wildman–Crippen LogP) is 1.58. The molecule has 1 fully saturated rings. The highest BCUT2D eigenvalue weighted by Crippen LogP contribution is 2.33. The molecule has 0 aliphatic carbocycles. The van der Waals surface area contributed by atoms with Gasteiger partial charge in [0, 0.05) is 26.7 Å². The Morgan fingerprint density at radius 2 is 2.09 bits per heavy atom. The zero-order valence-corrected chi connectivity index (χ0v) is 12.6. The predicted molar refractivity (Wildman–Crippen MR) is 78.8 cm³/mol. The van der Waals surface area contributed by atoms with E-state index in [0.29, 0.717) is 31.3 Å². The number of hydrogen-bond donors (Lipinski definition) is 1. The molecule has 0 unspecified atom stereocenters. The number of aliphatic hydroxyl groups excluding tert-OH is 1. The molecule has 3 rings (SSSR count). The van der Waals surface area contributed by atoms with Crippen molar-refractivity contribution in [3.05, 3.63) is 41.5 Å². The SMILES string of the molecule is CN(C)c1noc(CN2C[C@@H](O)C[C@H]2c2ccc(F)cc2)n1. The van der Waals surface area contributed by atoms with Crippen molar-refractivity contribution in [2.24, 2.45) is 0 Å². The monoisotopic (exact) mass is 306 g/mol. The third-order valence-electron chi connectivity index (χ3n) is 3.83. The second kappa shape index (κ2) is 6.02. The minimum atomic E-state index is -0.411. The van der Waals surface area contributed by atoms with E-state index >= 15 is 0 Å². The molecule has 0 bridgehead atoms. The first-order valence-electron chi connectivity index (χ1n) is 7.20. The van der Waals surface area contributed by atoms with Gasteiger partial charge in [-0.2, -0.15) is 4.98 Å². The molecule has 22 heavy (non-hydrogen) atoms. The standard InChI is InChI=1S/C15H19FN4O2/c1-19(2)15-17-14(22-18-15)9-20-8-12(21)7-13(20)10-3-5-11(16)6-4-10/h3-6,12-13,21H,7-9H2,1-2H3/t12-,13-/m0/s1. The Bertz CT molecular complexity index is 629. The van der Waals surface area contributed by atoms with Crippen LogP contribution in [0.25, 0.3) is 0 Å². The summed E-state index contributed by atoms with van der Waals surface area (Å²) in [4.78, 5) is 8.15. The lowest BCUT2D eigenvalue weighted by Gasteiger charge is -2.22. The molecule has 0 amide bonds. The molecule has 1 N–H and O–H groups in total. The van der Waals surface area contributed by atoms with Crippen LogP contribution in [0.4, 0.5) is 10.3 Å². The maximum atomic E-state index is 13.1. The zero-order chi connectivity index (χ0) is 15.7. The van der Waals surface area contributed by atoms with Crippen LogP contribution < -0.4 is 4.90 Å². The topological polar surface area (TPSA) is 65.6 Å². The molecule has 1 aliphatic heterocycles. The molecule has 1 aromatic carbocycles. The van der Waals surface area contributed by atoms with Crippen molar-refractivity contribution >= 4 is 5.95 Å². The van der Waals surface area contributed by atoms with Gasteiger partial charge in [-0.05, 0) is 29.3 Å². The maximum absolute atomic E-state index is 13.1. The Balaban J connectivity index is 1.76. The second-order valence-corrected chi connectivity index (χ2v) is 5.77. The largest absolute Gasteiger partial charge is 0.392 e. The lowest BCUT2D eigenvalue weighted by Crippen LogP contribution is -2.24. The van der Waals surface area contributed by atoms with Crippen LogP contribution in [-0.2, 0) is 6.54 Å². The van der Waals surface area contributed by atoms with E-state index in [1.807, 2.05) is 14.1 Å². The van der Waals surface area contributed by atoms with E-state index in [9.17, 15) is 9.50 Å². The number of likely N-dealkylation sites (tertiary alicyclic amines) is 1. The summed E-state index contributed by atoms with van der Waals surface area (Å²) in [5.41, 5.74) is 0.977. The highest BCUT2D eigenvalue weighted by atomic mass is 19.1. The van der Waals surface area contributed by atoms with Crippen molar-refractivity contribution in [2.75, 3.05) is 25.5 Å². The molecule has 1 aromatic heterocycles. The molecule has 0 spiro atoms. The fourth-order valence-electron chi connectivity index (χ4n) is 2.75. The number of β-amino-alcohol motifs (C(OH)–C–C–N with tert-alkyl or cyclic N) is 1. The molecule has 2 heterocycles. The number of benzene rings is 1. The van der Waals surface area contributed by atoms with E-state index in [2.05, 4.69) is 15.0 Å². The van der Waals surface area contributed by atoms with Crippen molar-refractivity contribution in [2.45, 2.75) is 25.1 Å². The van der Waals surface area contributed by atoms with Crippen molar-refractivity contribution in [3.63, 3.8) is 0 Å². The normalized spacial score (nSPS) is 22.2. The quantitative estimate of drug-likeness (QED) is 0.925. The van der Waals surface area contributed by atoms with Crippen LogP contribution in [0.3, 0.4) is 0 Å². The summed E-state index contributed by atoms with van der Waals surface area (Å²) in [5, 5.41) is 13.9. The van der Waals surface area contributed by atoms with Crippen molar-refractivity contribution in [1.82, 2.24) is 15.0 Å². The van der Waals surface area contributed by atoms with Gasteiger partial charge in [0.05, 0.1) is 12.6 Å². The molecule has 2 aromatic rings. The highest BCUT2D eigenvalue weighted by molar-refractivity contribution is 5.24. The van der Waals surface area contributed by atoms with Gasteiger partial charge in [0.25, 0.3) is 5.95 Å². The van der Waals surface area contributed by atoms with Crippen LogP contribution in [0.15, 0.2) is 28.8 Å². The van der Waals surface area contributed by atoms with Crippen LogP contribution in [0, 0.1) is 5.82 Å². The van der Waals surface area contributed by atoms with E-state index in [-0.39, 0.29) is 11.9 Å². The smallest absolute Gasteiger partial charge is 0.265 e. The lowest BCUT2D eigenvalue weighted by molar-refractivity contribution is 0.164. The van der Waals surface area contributed by atoms with Gasteiger partial charge in [0.1, 0.15) is 5.82 Å². The fraction of sp³-hybridized carbons (Fsp3) is 0.467. The summed E-state index contributed by atoms with van der Waals surface area (Å²) in [7, 11) is 3.69. The molecule has 1 aliphatic rings. The average Bonchev–Trinajstić information content (AvgIpc) is 3.07. The second-order valence-electron chi connectivity index (χ2n) is 5.77.